The number of rotatable bonds is 5. The third-order valence-corrected chi connectivity index (χ3v) is 1.73. The molecule has 3 nitrogen and oxygen atoms in total. The second kappa shape index (κ2) is 5.76. The molecule has 0 saturated heterocycles. The Morgan fingerprint density at radius 1 is 1.64 bits per heavy atom. The minimum absolute atomic E-state index is 0.223. The number of carbonyl (C=O) groups excluding carboxylic acids is 1. The topological polar surface area (TPSA) is 50.1 Å². The number of allylic oxidation sites excluding steroid dienone is 3. The SMILES string of the molecule is C=C/C=C/C(C#N)(CC=C)C(=O)OC. The Balaban J connectivity index is 5.08. The molecule has 1 unspecified atom stereocenters. The van der Waals surface area contributed by atoms with Crippen LogP contribution in [0.1, 0.15) is 6.42 Å². The van der Waals surface area contributed by atoms with Gasteiger partial charge in [-0.3, -0.25) is 0 Å². The van der Waals surface area contributed by atoms with E-state index in [9.17, 15) is 4.79 Å². The van der Waals surface area contributed by atoms with Crippen LogP contribution >= 0.6 is 0 Å². The van der Waals surface area contributed by atoms with Gasteiger partial charge in [0.15, 0.2) is 5.41 Å². The molecule has 0 amide bonds. The summed E-state index contributed by atoms with van der Waals surface area (Å²) in [5, 5.41) is 8.95. The quantitative estimate of drug-likeness (QED) is 0.379. The maximum Gasteiger partial charge on any atom is 0.330 e. The van der Waals surface area contributed by atoms with E-state index in [1.54, 1.807) is 6.08 Å². The summed E-state index contributed by atoms with van der Waals surface area (Å²) in [5.74, 6) is -0.585. The molecule has 0 aromatic rings. The number of hydrogen-bond donors (Lipinski definition) is 0. The highest BCUT2D eigenvalue weighted by molar-refractivity contribution is 5.82. The van der Waals surface area contributed by atoms with Crippen molar-refractivity contribution < 1.29 is 9.53 Å². The van der Waals surface area contributed by atoms with Crippen LogP contribution in [0.3, 0.4) is 0 Å². The van der Waals surface area contributed by atoms with Crippen LogP contribution in [0.5, 0.6) is 0 Å². The fraction of sp³-hybridized carbons (Fsp3) is 0.273. The van der Waals surface area contributed by atoms with Gasteiger partial charge >= 0.3 is 5.97 Å². The van der Waals surface area contributed by atoms with Gasteiger partial charge in [-0.2, -0.15) is 5.26 Å². The van der Waals surface area contributed by atoms with Crippen molar-refractivity contribution in [1.82, 2.24) is 0 Å². The summed E-state index contributed by atoms with van der Waals surface area (Å²) in [6, 6.07) is 1.92. The smallest absolute Gasteiger partial charge is 0.330 e. The number of ether oxygens (including phenoxy) is 1. The van der Waals surface area contributed by atoms with Gasteiger partial charge in [-0.1, -0.05) is 30.9 Å². The highest BCUT2D eigenvalue weighted by Gasteiger charge is 2.35. The molecule has 0 heterocycles. The average molecular weight is 191 g/mol. The normalized spacial score (nSPS) is 14.0. The minimum atomic E-state index is -1.27. The van der Waals surface area contributed by atoms with Crippen molar-refractivity contribution >= 4 is 5.97 Å². The lowest BCUT2D eigenvalue weighted by Crippen LogP contribution is -2.28. The second-order valence-electron chi connectivity index (χ2n) is 2.66. The molecule has 0 aliphatic carbocycles. The maximum absolute atomic E-state index is 11.4. The van der Waals surface area contributed by atoms with Crippen LogP contribution in [0.4, 0.5) is 0 Å². The van der Waals surface area contributed by atoms with Gasteiger partial charge in [0.2, 0.25) is 0 Å². The van der Waals surface area contributed by atoms with Crippen molar-refractivity contribution in [3.8, 4) is 6.07 Å². The molecule has 0 aliphatic rings. The standard InChI is InChI=1S/C11H13NO2/c1-4-6-8-11(9-12,7-5-2)10(13)14-3/h4-6,8H,1-2,7H2,3H3/b8-6+. The van der Waals surface area contributed by atoms with Crippen LogP contribution in [0.25, 0.3) is 0 Å². The Labute approximate surface area is 84.0 Å². The molecule has 0 aliphatic heterocycles. The molecule has 0 bridgehead atoms. The summed E-state index contributed by atoms with van der Waals surface area (Å²) in [6.45, 7) is 6.97. The Morgan fingerprint density at radius 2 is 2.29 bits per heavy atom. The maximum atomic E-state index is 11.4. The first-order valence-electron chi connectivity index (χ1n) is 4.07. The summed E-state index contributed by atoms with van der Waals surface area (Å²) in [7, 11) is 1.25. The summed E-state index contributed by atoms with van der Waals surface area (Å²) in [5.41, 5.74) is -1.27. The molecule has 0 spiro atoms. The molecule has 3 heteroatoms. The van der Waals surface area contributed by atoms with Crippen LogP contribution in [-0.2, 0) is 9.53 Å². The van der Waals surface area contributed by atoms with Crippen LogP contribution in [-0.4, -0.2) is 13.1 Å². The lowest BCUT2D eigenvalue weighted by Gasteiger charge is -2.17. The van der Waals surface area contributed by atoms with E-state index in [0.29, 0.717) is 0 Å². The van der Waals surface area contributed by atoms with Crippen molar-refractivity contribution in [3.63, 3.8) is 0 Å². The summed E-state index contributed by atoms with van der Waals surface area (Å²) < 4.78 is 4.56. The number of esters is 1. The van der Waals surface area contributed by atoms with Crippen molar-refractivity contribution in [2.24, 2.45) is 5.41 Å². The summed E-state index contributed by atoms with van der Waals surface area (Å²) in [6.07, 6.45) is 6.24. The largest absolute Gasteiger partial charge is 0.468 e. The molecule has 0 aromatic carbocycles. The van der Waals surface area contributed by atoms with Gasteiger partial charge in [-0.15, -0.1) is 6.58 Å². The molecule has 1 atom stereocenters. The molecule has 14 heavy (non-hydrogen) atoms. The average Bonchev–Trinajstić information content (AvgIpc) is 2.23. The molecule has 0 N–H and O–H groups in total. The van der Waals surface area contributed by atoms with E-state index in [4.69, 9.17) is 5.26 Å². The monoisotopic (exact) mass is 191 g/mol. The molecular weight excluding hydrogens is 178 g/mol. The first kappa shape index (κ1) is 12.2. The van der Waals surface area contributed by atoms with Crippen molar-refractivity contribution in [1.29, 1.82) is 5.26 Å². The van der Waals surface area contributed by atoms with Crippen molar-refractivity contribution in [3.05, 3.63) is 37.5 Å². The molecule has 0 rings (SSSR count). The van der Waals surface area contributed by atoms with Gasteiger partial charge in [0.25, 0.3) is 0 Å². The van der Waals surface area contributed by atoms with E-state index < -0.39 is 11.4 Å². The van der Waals surface area contributed by atoms with Gasteiger partial charge in [-0.25, -0.2) is 4.79 Å². The van der Waals surface area contributed by atoms with Gasteiger partial charge in [0.05, 0.1) is 13.2 Å². The zero-order chi connectivity index (χ0) is 11.0. The number of methoxy groups -OCH3 is 1. The number of nitrogens with zero attached hydrogens (tertiary/aromatic N) is 1. The number of carbonyl (C=O) groups is 1. The Hall–Kier alpha value is -1.82. The summed E-state index contributed by atoms with van der Waals surface area (Å²) in [4.78, 5) is 11.4. The van der Waals surface area contributed by atoms with Gasteiger partial charge in [-0.05, 0) is 6.42 Å². The van der Waals surface area contributed by atoms with Crippen LogP contribution in [0, 0.1) is 16.7 Å². The van der Waals surface area contributed by atoms with Crippen LogP contribution < -0.4 is 0 Å². The highest BCUT2D eigenvalue weighted by atomic mass is 16.5. The lowest BCUT2D eigenvalue weighted by atomic mass is 9.85. The Morgan fingerprint density at radius 3 is 2.64 bits per heavy atom. The Kier molecular flexibility index (Phi) is 5.01. The van der Waals surface area contributed by atoms with Crippen LogP contribution in [0.15, 0.2) is 37.5 Å². The number of hydrogen-bond acceptors (Lipinski definition) is 3. The predicted molar refractivity (Wildman–Crippen MR) is 54.2 cm³/mol. The number of nitriles is 1. The predicted octanol–water partition coefficient (Wildman–Crippen LogP) is 1.99. The highest BCUT2D eigenvalue weighted by Crippen LogP contribution is 2.25. The van der Waals surface area contributed by atoms with E-state index in [-0.39, 0.29) is 6.42 Å². The van der Waals surface area contributed by atoms with E-state index in [1.807, 2.05) is 6.07 Å². The molecule has 0 radical (unpaired) electrons. The van der Waals surface area contributed by atoms with Crippen molar-refractivity contribution in [2.45, 2.75) is 6.42 Å². The fourth-order valence-corrected chi connectivity index (χ4v) is 0.990. The zero-order valence-electron chi connectivity index (χ0n) is 8.19. The molecule has 74 valence electrons. The fourth-order valence-electron chi connectivity index (χ4n) is 0.990. The van der Waals surface area contributed by atoms with E-state index in [2.05, 4.69) is 17.9 Å². The van der Waals surface area contributed by atoms with Gasteiger partial charge in [0.1, 0.15) is 0 Å². The van der Waals surface area contributed by atoms with E-state index in [0.717, 1.165) is 0 Å². The zero-order valence-corrected chi connectivity index (χ0v) is 8.19. The third-order valence-electron chi connectivity index (χ3n) is 1.73. The summed E-state index contributed by atoms with van der Waals surface area (Å²) >= 11 is 0. The minimum Gasteiger partial charge on any atom is -0.468 e. The first-order valence-corrected chi connectivity index (χ1v) is 4.07. The first-order chi connectivity index (χ1) is 6.66. The molecular formula is C11H13NO2. The second-order valence-corrected chi connectivity index (χ2v) is 2.66. The van der Waals surface area contributed by atoms with Crippen LogP contribution in [0.2, 0.25) is 0 Å². The molecule has 0 saturated carbocycles. The van der Waals surface area contributed by atoms with Gasteiger partial charge in [0, 0.05) is 0 Å². The van der Waals surface area contributed by atoms with Crippen molar-refractivity contribution in [2.75, 3.05) is 7.11 Å². The van der Waals surface area contributed by atoms with E-state index >= 15 is 0 Å². The molecule has 0 fully saturated rings. The third kappa shape index (κ3) is 2.60. The molecule has 0 aromatic heterocycles. The lowest BCUT2D eigenvalue weighted by molar-refractivity contribution is -0.146. The Bertz CT molecular complexity index is 299. The van der Waals surface area contributed by atoms with Gasteiger partial charge < -0.3 is 4.74 Å². The van der Waals surface area contributed by atoms with E-state index in [1.165, 1.54) is 25.3 Å².